The second-order valence-electron chi connectivity index (χ2n) is 3.62. The molecule has 1 aromatic rings. The monoisotopic (exact) mass is 255 g/mol. The molecule has 0 aliphatic heterocycles. The third-order valence-electron chi connectivity index (χ3n) is 2.17. The quantitative estimate of drug-likeness (QED) is 0.598. The molecule has 0 aliphatic rings. The summed E-state index contributed by atoms with van der Waals surface area (Å²) in [6.07, 6.45) is 0.797. The van der Waals surface area contributed by atoms with E-state index >= 15 is 0 Å². The van der Waals surface area contributed by atoms with E-state index in [1.54, 1.807) is 0 Å². The summed E-state index contributed by atoms with van der Waals surface area (Å²) < 4.78 is 13.0. The van der Waals surface area contributed by atoms with Crippen LogP contribution in [0.5, 0.6) is 0 Å². The summed E-state index contributed by atoms with van der Waals surface area (Å²) in [6.45, 7) is 2.31. The lowest BCUT2D eigenvalue weighted by Gasteiger charge is -2.07. The van der Waals surface area contributed by atoms with Crippen molar-refractivity contribution < 1.29 is 14.1 Å². The molecule has 2 N–H and O–H groups in total. The van der Waals surface area contributed by atoms with E-state index in [0.717, 1.165) is 24.6 Å². The minimum absolute atomic E-state index is 0.00773. The third kappa shape index (κ3) is 4.00. The number of amides is 1. The van der Waals surface area contributed by atoms with E-state index in [1.165, 1.54) is 0 Å². The lowest BCUT2D eigenvalue weighted by molar-refractivity contribution is -0.384. The van der Waals surface area contributed by atoms with Crippen LogP contribution in [0.2, 0.25) is 0 Å². The number of nitro groups is 1. The van der Waals surface area contributed by atoms with Crippen LogP contribution >= 0.6 is 0 Å². The van der Waals surface area contributed by atoms with Crippen LogP contribution in [0.15, 0.2) is 18.2 Å². The number of hydrogen-bond acceptors (Lipinski definition) is 4. The highest BCUT2D eigenvalue weighted by molar-refractivity contribution is 5.81. The van der Waals surface area contributed by atoms with E-state index in [9.17, 15) is 19.3 Å². The molecule has 98 valence electrons. The zero-order valence-electron chi connectivity index (χ0n) is 9.90. The average Bonchev–Trinajstić information content (AvgIpc) is 2.33. The molecule has 0 saturated heterocycles. The van der Waals surface area contributed by atoms with Gasteiger partial charge < -0.3 is 10.6 Å². The lowest BCUT2D eigenvalue weighted by atomic mass is 10.2. The molecule has 0 unspecified atom stereocenters. The molecule has 1 aromatic carbocycles. The van der Waals surface area contributed by atoms with Crippen LogP contribution in [0.1, 0.15) is 13.3 Å². The molecule has 7 heteroatoms. The number of carbonyl (C=O) groups excluding carboxylic acids is 1. The molecule has 1 rings (SSSR count). The van der Waals surface area contributed by atoms with Gasteiger partial charge in [-0.2, -0.15) is 0 Å². The molecule has 0 bridgehead atoms. The van der Waals surface area contributed by atoms with Gasteiger partial charge in [0.2, 0.25) is 5.91 Å². The first-order valence-electron chi connectivity index (χ1n) is 5.49. The summed E-state index contributed by atoms with van der Waals surface area (Å²) in [4.78, 5) is 21.4. The van der Waals surface area contributed by atoms with Gasteiger partial charge in [0.1, 0.15) is 11.5 Å². The molecule has 0 heterocycles. The van der Waals surface area contributed by atoms with Crippen molar-refractivity contribution in [3.05, 3.63) is 34.1 Å². The fraction of sp³-hybridized carbons (Fsp3) is 0.364. The van der Waals surface area contributed by atoms with Crippen molar-refractivity contribution in [1.29, 1.82) is 0 Å². The molecule has 0 aliphatic carbocycles. The van der Waals surface area contributed by atoms with Crippen molar-refractivity contribution >= 4 is 17.3 Å². The van der Waals surface area contributed by atoms with Crippen molar-refractivity contribution in [2.75, 3.05) is 18.4 Å². The summed E-state index contributed by atoms with van der Waals surface area (Å²) in [5.74, 6) is -0.896. The Hall–Kier alpha value is -2.18. The Morgan fingerprint density at radius 1 is 1.50 bits per heavy atom. The smallest absolute Gasteiger partial charge is 0.292 e. The number of anilines is 1. The largest absolute Gasteiger partial charge is 0.370 e. The van der Waals surface area contributed by atoms with Crippen LogP contribution in [0, 0.1) is 15.9 Å². The summed E-state index contributed by atoms with van der Waals surface area (Å²) in [6, 6.07) is 3.05. The molecule has 6 nitrogen and oxygen atoms in total. The van der Waals surface area contributed by atoms with Crippen molar-refractivity contribution in [2.24, 2.45) is 0 Å². The standard InChI is InChI=1S/C11H14FN3O3/c1-2-5-13-11(16)7-14-9-6-8(12)3-4-10(9)15(17)18/h3-4,6,14H,2,5,7H2,1H3,(H,13,16). The Kier molecular flexibility index (Phi) is 5.04. The Labute approximate surface area is 103 Å². The van der Waals surface area contributed by atoms with Gasteiger partial charge in [-0.25, -0.2) is 4.39 Å². The first-order chi connectivity index (χ1) is 8.54. The fourth-order valence-electron chi connectivity index (χ4n) is 1.31. The average molecular weight is 255 g/mol. The van der Waals surface area contributed by atoms with Gasteiger partial charge in [-0.05, 0) is 12.5 Å². The molecule has 0 spiro atoms. The van der Waals surface area contributed by atoms with Gasteiger partial charge in [0.15, 0.2) is 0 Å². The van der Waals surface area contributed by atoms with Crippen LogP contribution in [-0.4, -0.2) is 23.9 Å². The van der Waals surface area contributed by atoms with Gasteiger partial charge >= 0.3 is 0 Å². The number of carbonyl (C=O) groups is 1. The number of hydrogen-bond donors (Lipinski definition) is 2. The van der Waals surface area contributed by atoms with Gasteiger partial charge in [0.25, 0.3) is 5.69 Å². The fourth-order valence-corrected chi connectivity index (χ4v) is 1.31. The topological polar surface area (TPSA) is 84.3 Å². The molecule has 18 heavy (non-hydrogen) atoms. The molecule has 0 atom stereocenters. The van der Waals surface area contributed by atoms with Gasteiger partial charge in [-0.3, -0.25) is 14.9 Å². The normalized spacial score (nSPS) is 9.89. The molecule has 0 radical (unpaired) electrons. The van der Waals surface area contributed by atoms with Gasteiger partial charge in [-0.1, -0.05) is 6.92 Å². The molecule has 0 aromatic heterocycles. The predicted molar refractivity (Wildman–Crippen MR) is 64.8 cm³/mol. The number of rotatable bonds is 6. The van der Waals surface area contributed by atoms with Crippen molar-refractivity contribution in [3.63, 3.8) is 0 Å². The number of nitro benzene ring substituents is 1. The minimum atomic E-state index is -0.633. The van der Waals surface area contributed by atoms with E-state index in [0.29, 0.717) is 6.54 Å². The van der Waals surface area contributed by atoms with Gasteiger partial charge in [-0.15, -0.1) is 0 Å². The first-order valence-corrected chi connectivity index (χ1v) is 5.49. The van der Waals surface area contributed by atoms with E-state index in [2.05, 4.69) is 10.6 Å². The SMILES string of the molecule is CCCNC(=O)CNc1cc(F)ccc1[N+](=O)[O-]. The highest BCUT2D eigenvalue weighted by atomic mass is 19.1. The van der Waals surface area contributed by atoms with Crippen molar-refractivity contribution in [2.45, 2.75) is 13.3 Å². The van der Waals surface area contributed by atoms with Gasteiger partial charge in [0, 0.05) is 18.7 Å². The number of nitrogens with one attached hydrogen (secondary N) is 2. The van der Waals surface area contributed by atoms with E-state index in [-0.39, 0.29) is 23.8 Å². The Bertz CT molecular complexity index is 451. The van der Waals surface area contributed by atoms with Crippen LogP contribution in [-0.2, 0) is 4.79 Å². The summed E-state index contributed by atoms with van der Waals surface area (Å²) in [5, 5.41) is 15.8. The molecule has 0 fully saturated rings. The second kappa shape index (κ2) is 6.53. The summed E-state index contributed by atoms with van der Waals surface area (Å²) in [7, 11) is 0. The summed E-state index contributed by atoms with van der Waals surface area (Å²) >= 11 is 0. The molecular weight excluding hydrogens is 241 g/mol. The zero-order chi connectivity index (χ0) is 13.5. The minimum Gasteiger partial charge on any atom is -0.370 e. The van der Waals surface area contributed by atoms with Crippen molar-refractivity contribution in [3.8, 4) is 0 Å². The molecular formula is C11H14FN3O3. The van der Waals surface area contributed by atoms with E-state index < -0.39 is 10.7 Å². The Morgan fingerprint density at radius 2 is 2.22 bits per heavy atom. The van der Waals surface area contributed by atoms with Crippen LogP contribution in [0.3, 0.4) is 0 Å². The highest BCUT2D eigenvalue weighted by Crippen LogP contribution is 2.24. The number of benzene rings is 1. The molecule has 0 saturated carbocycles. The third-order valence-corrected chi connectivity index (χ3v) is 2.17. The van der Waals surface area contributed by atoms with Crippen molar-refractivity contribution in [1.82, 2.24) is 5.32 Å². The Morgan fingerprint density at radius 3 is 2.83 bits per heavy atom. The Balaban J connectivity index is 2.68. The van der Waals surface area contributed by atoms with Crippen LogP contribution in [0.4, 0.5) is 15.8 Å². The number of nitrogens with zero attached hydrogens (tertiary/aromatic N) is 1. The first kappa shape index (κ1) is 13.9. The highest BCUT2D eigenvalue weighted by Gasteiger charge is 2.14. The van der Waals surface area contributed by atoms with E-state index in [1.807, 2.05) is 6.92 Å². The molecule has 1 amide bonds. The zero-order valence-corrected chi connectivity index (χ0v) is 9.90. The summed E-state index contributed by atoms with van der Waals surface area (Å²) in [5.41, 5.74) is -0.272. The second-order valence-corrected chi connectivity index (χ2v) is 3.62. The predicted octanol–water partition coefficient (Wildman–Crippen LogP) is 1.67. The number of halogens is 1. The maximum absolute atomic E-state index is 13.0. The maximum atomic E-state index is 13.0. The van der Waals surface area contributed by atoms with Crippen LogP contribution < -0.4 is 10.6 Å². The maximum Gasteiger partial charge on any atom is 0.292 e. The van der Waals surface area contributed by atoms with E-state index in [4.69, 9.17) is 0 Å². The van der Waals surface area contributed by atoms with Crippen LogP contribution in [0.25, 0.3) is 0 Å². The lowest BCUT2D eigenvalue weighted by Crippen LogP contribution is -2.30. The van der Waals surface area contributed by atoms with Gasteiger partial charge in [0.05, 0.1) is 11.5 Å².